The molecule has 84 valence electrons. The van der Waals surface area contributed by atoms with E-state index in [0.717, 1.165) is 4.48 Å². The van der Waals surface area contributed by atoms with E-state index in [9.17, 15) is 0 Å². The van der Waals surface area contributed by atoms with Gasteiger partial charge in [0, 0.05) is 6.42 Å². The molecule has 13 heavy (non-hydrogen) atoms. The van der Waals surface area contributed by atoms with E-state index in [1.165, 1.54) is 25.1 Å². The zero-order chi connectivity index (χ0) is 8.91. The zero-order valence-electron chi connectivity index (χ0n) is 9.44. The Morgan fingerprint density at radius 3 is 1.69 bits per heavy atom. The maximum absolute atomic E-state index is 2.33. The summed E-state index contributed by atoms with van der Waals surface area (Å²) in [4.78, 5) is 0. The molecule has 1 nitrogen and oxygen atoms in total. The smallest absolute Gasteiger partial charge is 0.107 e. The molecule has 0 aliphatic carbocycles. The molecule has 0 saturated heterocycles. The molecule has 0 heterocycles. The highest BCUT2D eigenvalue weighted by Crippen LogP contribution is 1.99. The van der Waals surface area contributed by atoms with Crippen LogP contribution in [0, 0.1) is 0 Å². The molecule has 0 aromatic rings. The third kappa shape index (κ3) is 20.0. The van der Waals surface area contributed by atoms with Crippen LogP contribution in [0.3, 0.4) is 0 Å². The predicted molar refractivity (Wildman–Crippen MR) is 56.2 cm³/mol. The Hall–Kier alpha value is 1.77. The van der Waals surface area contributed by atoms with E-state index in [1.807, 2.05) is 0 Å². The van der Waals surface area contributed by atoms with Gasteiger partial charge in [0.1, 0.15) is 5.75 Å². The molecule has 0 spiro atoms. The first-order valence-electron chi connectivity index (χ1n) is 4.26. The monoisotopic (exact) mass is 431 g/mol. The Bertz CT molecular complexity index is 102. The summed E-state index contributed by atoms with van der Waals surface area (Å²) >= 11 is 0. The SMILES string of the molecule is C[S+](C)CCCC[N+](C)(C)C.[I-].[I-]. The Morgan fingerprint density at radius 1 is 0.923 bits per heavy atom. The second kappa shape index (κ2) is 10.3. The van der Waals surface area contributed by atoms with Crippen LogP contribution in [0.4, 0.5) is 0 Å². The quantitative estimate of drug-likeness (QED) is 0.178. The molecule has 0 amide bonds. The topological polar surface area (TPSA) is 0 Å². The molecule has 0 atom stereocenters. The minimum absolute atomic E-state index is 0. The van der Waals surface area contributed by atoms with Crippen molar-refractivity contribution < 1.29 is 52.4 Å². The van der Waals surface area contributed by atoms with Crippen LogP contribution in [0.15, 0.2) is 0 Å². The van der Waals surface area contributed by atoms with Gasteiger partial charge in [0.05, 0.1) is 40.2 Å². The maximum Gasteiger partial charge on any atom is 0.107 e. The van der Waals surface area contributed by atoms with Crippen molar-refractivity contribution >= 4 is 10.9 Å². The molecular formula is C9H23I2NS. The number of rotatable bonds is 5. The standard InChI is InChI=1S/C9H23NS.2HI/c1-10(2,3)8-6-7-9-11(4)5;;/h6-9H2,1-5H3;2*1H/q+2;;/p-2. The van der Waals surface area contributed by atoms with Gasteiger partial charge in [-0.1, -0.05) is 0 Å². The first kappa shape index (κ1) is 20.2. The number of nitrogens with zero attached hydrogens (tertiary/aromatic N) is 1. The summed E-state index contributed by atoms with van der Waals surface area (Å²) in [6.45, 7) is 1.32. The molecule has 0 aliphatic heterocycles. The summed E-state index contributed by atoms with van der Waals surface area (Å²) in [5.41, 5.74) is 0. The van der Waals surface area contributed by atoms with Crippen molar-refractivity contribution in [3.63, 3.8) is 0 Å². The number of quaternary nitrogens is 1. The Kier molecular flexibility index (Phi) is 16.0. The number of hydrogen-bond acceptors (Lipinski definition) is 0. The van der Waals surface area contributed by atoms with Gasteiger partial charge >= 0.3 is 0 Å². The second-order valence-electron chi connectivity index (χ2n) is 4.41. The van der Waals surface area contributed by atoms with Crippen LogP contribution in [0.5, 0.6) is 0 Å². The van der Waals surface area contributed by atoms with Gasteiger partial charge in [0.2, 0.25) is 0 Å². The lowest BCUT2D eigenvalue weighted by atomic mass is 10.3. The van der Waals surface area contributed by atoms with E-state index < -0.39 is 0 Å². The van der Waals surface area contributed by atoms with E-state index in [1.54, 1.807) is 0 Å². The fourth-order valence-electron chi connectivity index (χ4n) is 0.977. The molecule has 0 aromatic carbocycles. The summed E-state index contributed by atoms with van der Waals surface area (Å²) in [5.74, 6) is 1.42. The molecule has 0 aromatic heterocycles. The van der Waals surface area contributed by atoms with Gasteiger partial charge in [-0.15, -0.1) is 0 Å². The zero-order valence-corrected chi connectivity index (χ0v) is 14.6. The molecule has 4 heteroatoms. The normalized spacial score (nSPS) is 10.6. The van der Waals surface area contributed by atoms with E-state index in [-0.39, 0.29) is 48.0 Å². The molecule has 0 bridgehead atoms. The molecule has 0 radical (unpaired) electrons. The van der Waals surface area contributed by atoms with Crippen molar-refractivity contribution in [2.75, 3.05) is 46.0 Å². The van der Waals surface area contributed by atoms with Crippen molar-refractivity contribution in [3.8, 4) is 0 Å². The van der Waals surface area contributed by atoms with Crippen LogP contribution in [-0.4, -0.2) is 50.4 Å². The summed E-state index contributed by atoms with van der Waals surface area (Å²) < 4.78 is 1.11. The Morgan fingerprint density at radius 2 is 1.38 bits per heavy atom. The largest absolute Gasteiger partial charge is 1.00 e. The molecule has 0 unspecified atom stereocenters. The van der Waals surface area contributed by atoms with Crippen LogP contribution in [-0.2, 0) is 10.9 Å². The Balaban J connectivity index is -0.000000500. The van der Waals surface area contributed by atoms with Gasteiger partial charge in [-0.2, -0.15) is 0 Å². The Labute approximate surface area is 121 Å². The molecule has 0 N–H and O–H groups in total. The third-order valence-corrected chi connectivity index (χ3v) is 2.74. The third-order valence-electron chi connectivity index (χ3n) is 1.63. The highest BCUT2D eigenvalue weighted by atomic mass is 127. The van der Waals surface area contributed by atoms with Crippen molar-refractivity contribution in [1.29, 1.82) is 0 Å². The van der Waals surface area contributed by atoms with Gasteiger partial charge in [0.25, 0.3) is 0 Å². The molecular weight excluding hydrogens is 408 g/mol. The van der Waals surface area contributed by atoms with Crippen molar-refractivity contribution in [3.05, 3.63) is 0 Å². The highest BCUT2D eigenvalue weighted by molar-refractivity contribution is 7.95. The van der Waals surface area contributed by atoms with Crippen LogP contribution >= 0.6 is 0 Å². The van der Waals surface area contributed by atoms with Gasteiger partial charge in [0.15, 0.2) is 0 Å². The fourth-order valence-corrected chi connectivity index (χ4v) is 1.76. The number of hydrogen-bond donors (Lipinski definition) is 0. The first-order valence-corrected chi connectivity index (χ1v) is 6.47. The van der Waals surface area contributed by atoms with E-state index in [4.69, 9.17) is 0 Å². The van der Waals surface area contributed by atoms with Gasteiger partial charge in [-0.25, -0.2) is 0 Å². The molecule has 0 rings (SSSR count). The summed E-state index contributed by atoms with van der Waals surface area (Å²) in [7, 11) is 7.43. The minimum atomic E-state index is 0. The second-order valence-corrected chi connectivity index (χ2v) is 6.79. The fraction of sp³-hybridized carbons (Fsp3) is 1.00. The average Bonchev–Trinajstić information content (AvgIpc) is 1.78. The first-order chi connectivity index (χ1) is 4.92. The van der Waals surface area contributed by atoms with Crippen LogP contribution < -0.4 is 48.0 Å². The minimum Gasteiger partial charge on any atom is -1.00 e. The lowest BCUT2D eigenvalue weighted by molar-refractivity contribution is -0.870. The number of halogens is 2. The maximum atomic E-state index is 2.33. The van der Waals surface area contributed by atoms with Crippen LogP contribution in [0.1, 0.15) is 12.8 Å². The molecule has 0 fully saturated rings. The van der Waals surface area contributed by atoms with Crippen LogP contribution in [0.25, 0.3) is 0 Å². The van der Waals surface area contributed by atoms with E-state index in [2.05, 4.69) is 33.7 Å². The van der Waals surface area contributed by atoms with Crippen molar-refractivity contribution in [2.24, 2.45) is 0 Å². The molecule has 0 aliphatic rings. The van der Waals surface area contributed by atoms with Crippen LogP contribution in [0.2, 0.25) is 0 Å². The lowest BCUT2D eigenvalue weighted by Gasteiger charge is -2.23. The van der Waals surface area contributed by atoms with Gasteiger partial charge in [-0.05, 0) is 17.3 Å². The lowest BCUT2D eigenvalue weighted by Crippen LogP contribution is -3.00. The average molecular weight is 431 g/mol. The molecule has 0 saturated carbocycles. The van der Waals surface area contributed by atoms with Gasteiger partial charge < -0.3 is 52.4 Å². The van der Waals surface area contributed by atoms with E-state index >= 15 is 0 Å². The summed E-state index contributed by atoms with van der Waals surface area (Å²) in [6, 6.07) is 0. The van der Waals surface area contributed by atoms with Crippen molar-refractivity contribution in [1.82, 2.24) is 0 Å². The van der Waals surface area contributed by atoms with Crippen molar-refractivity contribution in [2.45, 2.75) is 12.8 Å². The highest BCUT2D eigenvalue weighted by Gasteiger charge is 2.07. The van der Waals surface area contributed by atoms with E-state index in [0.29, 0.717) is 10.9 Å². The number of unbranched alkanes of at least 4 members (excludes halogenated alkanes) is 1. The van der Waals surface area contributed by atoms with Gasteiger partial charge in [-0.3, -0.25) is 0 Å². The summed E-state index contributed by atoms with van der Waals surface area (Å²) in [5, 5.41) is 0. The predicted octanol–water partition coefficient (Wildman–Crippen LogP) is -4.64. The summed E-state index contributed by atoms with van der Waals surface area (Å²) in [6.07, 6.45) is 7.44.